The molecule has 1 rings (SSSR count). The van der Waals surface area contributed by atoms with Crippen LogP contribution in [0.4, 0.5) is 0 Å². The number of alkyl halides is 7. The molecule has 1 atom stereocenters. The molecule has 1 saturated carbocycles. The van der Waals surface area contributed by atoms with Crippen LogP contribution in [0, 0.1) is 0 Å². The Morgan fingerprint density at radius 3 is 1.35 bits per heavy atom. The minimum atomic E-state index is -3.61. The maximum atomic E-state index is 12.1. The van der Waals surface area contributed by atoms with Crippen LogP contribution in [0.5, 0.6) is 0 Å². The third kappa shape index (κ3) is 45.3. The number of hydrogen-bond acceptors (Lipinski definition) is 13. The van der Waals surface area contributed by atoms with E-state index >= 15 is 0 Å². The van der Waals surface area contributed by atoms with E-state index < -0.39 is 21.0 Å². The van der Waals surface area contributed by atoms with Gasteiger partial charge in [-0.2, -0.15) is 0 Å². The third-order valence-corrected chi connectivity index (χ3v) is 9.51. The molecule has 23 heteroatoms. The number of hydrogen-bond donors (Lipinski definition) is 0. The highest BCUT2D eigenvalue weighted by Crippen LogP contribution is 2.50. The van der Waals surface area contributed by atoms with E-state index in [2.05, 4.69) is 0 Å². The molecular formula is C25H48Cl7O13P3. The van der Waals surface area contributed by atoms with E-state index in [1.54, 1.807) is 0 Å². The molecule has 1 unspecified atom stereocenters. The monoisotopic (exact) mass is 894 g/mol. The smallest absolute Gasteiger partial charge is 0.307 e. The number of carbonyl (C=O) groups is 3. The summed E-state index contributed by atoms with van der Waals surface area (Å²) in [7, 11) is -7.28. The maximum absolute atomic E-state index is 12.1. The van der Waals surface area contributed by atoms with Crippen molar-refractivity contribution in [1.29, 1.82) is 0 Å². The molecule has 0 saturated heterocycles. The van der Waals surface area contributed by atoms with Gasteiger partial charge in [0.1, 0.15) is 19.9 Å². The van der Waals surface area contributed by atoms with Crippen molar-refractivity contribution in [3.05, 3.63) is 0 Å². The Morgan fingerprint density at radius 2 is 1.04 bits per heavy atom. The molecule has 1 fully saturated rings. The molecule has 0 aromatic rings. The zero-order valence-electron chi connectivity index (χ0n) is 26.9. The molecule has 0 amide bonds. The summed E-state index contributed by atoms with van der Waals surface area (Å²) >= 11 is 38.4. The first-order valence-electron chi connectivity index (χ1n) is 14.1. The van der Waals surface area contributed by atoms with Crippen molar-refractivity contribution in [2.75, 3.05) is 74.9 Å². The molecule has 0 N–H and O–H groups in total. The molecule has 0 spiro atoms. The molecule has 1 aliphatic rings. The zero-order valence-corrected chi connectivity index (χ0v) is 34.9. The predicted octanol–water partition coefficient (Wildman–Crippen LogP) is 9.49. The van der Waals surface area contributed by atoms with Gasteiger partial charge in [0, 0.05) is 35.3 Å². The molecule has 0 aromatic heterocycles. The van der Waals surface area contributed by atoms with Crippen LogP contribution < -0.4 is 0 Å². The highest BCUT2D eigenvalue weighted by atomic mass is 35.5. The fourth-order valence-corrected chi connectivity index (χ4v) is 6.38. The summed E-state index contributed by atoms with van der Waals surface area (Å²) in [4.78, 5) is 24.8. The topological polar surface area (TPSA) is 167 Å². The lowest BCUT2D eigenvalue weighted by Crippen LogP contribution is -2.12. The van der Waals surface area contributed by atoms with Crippen molar-refractivity contribution >= 4 is 125 Å². The average Bonchev–Trinajstić information content (AvgIpc) is 3.11. The number of carbonyl (C=O) groups excluding carboxylic acids is 3. The Morgan fingerprint density at radius 1 is 0.688 bits per heavy atom. The summed E-state index contributed by atoms with van der Waals surface area (Å²) in [6.45, 7) is 6.07. The first-order chi connectivity index (χ1) is 23.1. The van der Waals surface area contributed by atoms with Crippen molar-refractivity contribution in [2.45, 2.75) is 63.4 Å². The van der Waals surface area contributed by atoms with E-state index in [-0.39, 0.29) is 78.0 Å². The molecule has 1 aliphatic carbocycles. The number of phosphoric acid groups is 2. The Balaban J connectivity index is -0.000000182. The minimum Gasteiger partial charge on any atom is -0.307 e. The largest absolute Gasteiger partial charge is 0.474 e. The zero-order chi connectivity index (χ0) is 38.0. The molecular weight excluding hydrogens is 849 g/mol. The van der Waals surface area contributed by atoms with Crippen LogP contribution in [0.2, 0.25) is 0 Å². The van der Waals surface area contributed by atoms with Gasteiger partial charge in [0.15, 0.2) is 0 Å². The second-order valence-corrected chi connectivity index (χ2v) is 14.4. The molecule has 0 bridgehead atoms. The molecule has 48 heavy (non-hydrogen) atoms. The lowest BCUT2D eigenvalue weighted by atomic mass is 9.98. The first kappa shape index (κ1) is 58.6. The van der Waals surface area contributed by atoms with E-state index in [1.807, 2.05) is 13.6 Å². The van der Waals surface area contributed by atoms with E-state index in [1.165, 1.54) is 26.2 Å². The minimum absolute atomic E-state index is 0.00984. The fourth-order valence-electron chi connectivity index (χ4n) is 2.57. The van der Waals surface area contributed by atoms with Crippen molar-refractivity contribution in [3.63, 3.8) is 0 Å². The molecule has 13 nitrogen and oxygen atoms in total. The standard InChI is InChI=1S/C9H17Cl4O4P.C6H12Cl3O4P.C6H11O2P.C2H4O.2CH2O/c10-3-1-5-15-18(14,16-6-2-4-11)17-8-9(13)7-12;7-1-4-11-14(10,12-5-2-8)13-6-3-9;7-9-8-6-4-2-1-3-5-6;1-2-3;2*1-2/h9H,1-8H2;1-6H2;6H,1-5H2;2H,1H3;2*1H2. The summed E-state index contributed by atoms with van der Waals surface area (Å²) in [5, 5.41) is -0.451. The predicted molar refractivity (Wildman–Crippen MR) is 196 cm³/mol. The van der Waals surface area contributed by atoms with Crippen LogP contribution in [0.3, 0.4) is 0 Å². The van der Waals surface area contributed by atoms with Crippen LogP contribution >= 0.6 is 106 Å². The van der Waals surface area contributed by atoms with E-state index in [0.717, 1.165) is 19.1 Å². The molecule has 0 aliphatic heterocycles. The van der Waals surface area contributed by atoms with Gasteiger partial charge in [0.05, 0.1) is 51.1 Å². The molecule has 0 radical (unpaired) electrons. The van der Waals surface area contributed by atoms with Crippen LogP contribution in [-0.2, 0) is 59.7 Å². The van der Waals surface area contributed by atoms with Gasteiger partial charge in [-0.25, -0.2) is 13.7 Å². The fraction of sp³-hybridized carbons (Fsp3) is 0.880. The quantitative estimate of drug-likeness (QED) is 0.0412. The van der Waals surface area contributed by atoms with Gasteiger partial charge in [-0.1, -0.05) is 19.3 Å². The van der Waals surface area contributed by atoms with E-state index in [4.69, 9.17) is 127 Å². The number of phosphoric ester groups is 2. The van der Waals surface area contributed by atoms with Gasteiger partial charge in [-0.15, -0.1) is 81.2 Å². The van der Waals surface area contributed by atoms with Gasteiger partial charge < -0.3 is 14.4 Å². The highest BCUT2D eigenvalue weighted by Gasteiger charge is 2.28. The third-order valence-electron chi connectivity index (χ3n) is 4.36. The number of halogens is 7. The summed E-state index contributed by atoms with van der Waals surface area (Å²) < 4.78 is 68.4. The summed E-state index contributed by atoms with van der Waals surface area (Å²) in [6, 6.07) is 0. The lowest BCUT2D eigenvalue weighted by Gasteiger charge is -2.18. The van der Waals surface area contributed by atoms with Crippen LogP contribution in [0.1, 0.15) is 51.9 Å². The maximum Gasteiger partial charge on any atom is 0.474 e. The molecule has 0 aromatic carbocycles. The van der Waals surface area contributed by atoms with Crippen molar-refractivity contribution in [1.82, 2.24) is 0 Å². The van der Waals surface area contributed by atoms with E-state index in [9.17, 15) is 13.7 Å². The van der Waals surface area contributed by atoms with Crippen LogP contribution in [0.25, 0.3) is 0 Å². The van der Waals surface area contributed by atoms with Gasteiger partial charge in [-0.3, -0.25) is 31.7 Å². The van der Waals surface area contributed by atoms with Gasteiger partial charge in [0.25, 0.3) is 0 Å². The number of rotatable bonds is 23. The Hall–Kier alpha value is 1.32. The van der Waals surface area contributed by atoms with Crippen molar-refractivity contribution in [3.8, 4) is 0 Å². The van der Waals surface area contributed by atoms with Crippen molar-refractivity contribution < 1.29 is 59.7 Å². The Bertz CT molecular complexity index is 722. The van der Waals surface area contributed by atoms with Gasteiger partial charge >= 0.3 is 24.3 Å². The molecule has 0 heterocycles. The second kappa shape index (κ2) is 48.3. The van der Waals surface area contributed by atoms with Gasteiger partial charge in [-0.05, 0) is 32.6 Å². The molecule has 290 valence electrons. The van der Waals surface area contributed by atoms with Crippen LogP contribution in [0.15, 0.2) is 0 Å². The van der Waals surface area contributed by atoms with E-state index in [0.29, 0.717) is 24.6 Å². The Labute approximate surface area is 321 Å². The Kier molecular flexibility index (Phi) is 59.0. The first-order valence-corrected chi connectivity index (χ1v) is 21.4. The summed E-state index contributed by atoms with van der Waals surface area (Å²) in [5.74, 6) is 1.61. The normalized spacial score (nSPS) is 13.3. The van der Waals surface area contributed by atoms with Crippen LogP contribution in [-0.4, -0.2) is 106 Å². The highest BCUT2D eigenvalue weighted by molar-refractivity contribution is 7.48. The second-order valence-electron chi connectivity index (χ2n) is 7.94. The summed E-state index contributed by atoms with van der Waals surface area (Å²) in [6.07, 6.45) is 8.10. The SMILES string of the molecule is C=O.C=O.CC=O.O=P(OCCCCl)(OCCCCl)OCC(Cl)CCl.O=P(OCCCl)(OCCCl)OCCCl.O=POC1CCCCC1. The van der Waals surface area contributed by atoms with Gasteiger partial charge in [0.2, 0.25) is 0 Å². The average molecular weight is 898 g/mol. The summed E-state index contributed by atoms with van der Waals surface area (Å²) in [5.41, 5.74) is 0. The lowest BCUT2D eigenvalue weighted by molar-refractivity contribution is -0.106. The number of aldehydes is 1. The van der Waals surface area contributed by atoms with Crippen molar-refractivity contribution in [2.24, 2.45) is 0 Å².